The number of benzene rings is 2. The third-order valence-electron chi connectivity index (χ3n) is 12.0. The van der Waals surface area contributed by atoms with Crippen LogP contribution in [0.1, 0.15) is 114 Å². The van der Waals surface area contributed by atoms with Crippen LogP contribution in [0.4, 0.5) is 22.8 Å². The molecule has 0 amide bonds. The fraction of sp³-hybridized carbons (Fsp3) is 0.619. The molecule has 3 saturated heterocycles. The number of nitrogens with zero attached hydrogens (tertiary/aromatic N) is 1. The van der Waals surface area contributed by atoms with Crippen molar-refractivity contribution < 1.29 is 100 Å². The largest absolute Gasteiger partial charge is 1.00 e. The molecule has 3 aliphatic heterocycles. The minimum atomic E-state index is -5.19. The third kappa shape index (κ3) is 12.6. The molecule has 5 fully saturated rings. The summed E-state index contributed by atoms with van der Waals surface area (Å²) in [4.78, 5) is 45.6. The van der Waals surface area contributed by atoms with E-state index in [2.05, 4.69) is 4.74 Å². The Morgan fingerprint density at radius 3 is 1.50 bits per heavy atom. The number of aliphatic carboxylic acids is 1. The first-order valence-corrected chi connectivity index (χ1v) is 20.1. The number of rotatable bonds is 9. The van der Waals surface area contributed by atoms with Crippen molar-refractivity contribution in [3.8, 4) is 0 Å². The summed E-state index contributed by atoms with van der Waals surface area (Å²) in [6.45, 7) is 2.11. The molecule has 2 aromatic rings. The van der Waals surface area contributed by atoms with Gasteiger partial charge >= 0.3 is 47.9 Å². The van der Waals surface area contributed by atoms with E-state index < -0.39 is 42.8 Å². The van der Waals surface area contributed by atoms with Crippen LogP contribution in [0, 0.1) is 0 Å². The number of carbonyl (C=O) groups is 4. The topological polar surface area (TPSA) is 161 Å². The average Bonchev–Trinajstić information content (AvgIpc) is 3.74. The van der Waals surface area contributed by atoms with Crippen LogP contribution in [0.2, 0.25) is 0 Å². The second-order valence-electron chi connectivity index (χ2n) is 15.5. The monoisotopic (exact) mass is 827 g/mol. The Morgan fingerprint density at radius 2 is 1.07 bits per heavy atom. The number of carbonyl (C=O) groups excluding carboxylic acids is 4. The zero-order valence-corrected chi connectivity index (χ0v) is 35.2. The number of carboxylic acids is 1. The van der Waals surface area contributed by atoms with Crippen LogP contribution in [0.5, 0.6) is 0 Å². The molecule has 0 radical (unpaired) electrons. The van der Waals surface area contributed by atoms with Crippen LogP contribution in [0.3, 0.4) is 0 Å². The maximum atomic E-state index is 14.3. The van der Waals surface area contributed by atoms with Gasteiger partial charge < -0.3 is 48.0 Å². The Balaban J connectivity index is 0.000000345. The summed E-state index contributed by atoms with van der Waals surface area (Å²) >= 11 is 0. The van der Waals surface area contributed by atoms with Gasteiger partial charge in [-0.3, -0.25) is 0 Å². The summed E-state index contributed by atoms with van der Waals surface area (Å²) in [7, 11) is 0. The molecule has 2 bridgehead atoms. The Labute approximate surface area is 359 Å². The second kappa shape index (κ2) is 22.3. The van der Waals surface area contributed by atoms with E-state index in [9.17, 15) is 32.7 Å². The van der Waals surface area contributed by atoms with Gasteiger partial charge in [0.05, 0.1) is 25.2 Å². The molecule has 2 atom stereocenters. The molecule has 2 aromatic carbocycles. The number of piperidine rings is 1. The zero-order chi connectivity index (χ0) is 40.9. The van der Waals surface area contributed by atoms with Gasteiger partial charge in [-0.1, -0.05) is 86.3 Å². The van der Waals surface area contributed by atoms with E-state index >= 15 is 0 Å². The Hall–Kier alpha value is -3.37. The predicted molar refractivity (Wildman–Crippen MR) is 194 cm³/mol. The van der Waals surface area contributed by atoms with Crippen molar-refractivity contribution >= 4 is 24.2 Å². The molecule has 314 valence electrons. The van der Waals surface area contributed by atoms with Gasteiger partial charge in [0, 0.05) is 44.6 Å². The van der Waals surface area contributed by atoms with Gasteiger partial charge in [-0.15, -0.1) is 0 Å². The van der Waals surface area contributed by atoms with Crippen molar-refractivity contribution in [1.29, 1.82) is 0 Å². The van der Waals surface area contributed by atoms with Crippen molar-refractivity contribution in [3.05, 3.63) is 71.8 Å². The summed E-state index contributed by atoms with van der Waals surface area (Å²) in [5.74, 6) is -3.47. The van der Waals surface area contributed by atoms with Crippen LogP contribution in [-0.2, 0) is 38.9 Å². The molecule has 2 saturated carbocycles. The normalized spacial score (nSPS) is 22.8. The number of halogens is 3. The van der Waals surface area contributed by atoms with Crippen molar-refractivity contribution in [2.24, 2.45) is 0 Å². The molecule has 2 unspecified atom stereocenters. The van der Waals surface area contributed by atoms with Crippen LogP contribution in [0.25, 0.3) is 0 Å². The van der Waals surface area contributed by atoms with Gasteiger partial charge in [0.15, 0.2) is 6.79 Å². The van der Waals surface area contributed by atoms with E-state index in [0.717, 1.165) is 64.2 Å². The number of ether oxygens (including phenoxy) is 5. The average molecular weight is 828 g/mol. The SMILES string of the molecule is O=C(OCOC(C(=O)OC1CC2CCC(C1)[N+]21CCCC1)(c1ccccc1)c1ccccc1)OC1CCCCC1.O=C([O-])C(F)(F)F.O=C([O-])OC1CCCCC1.[Na+]. The molecule has 0 aromatic heterocycles. The van der Waals surface area contributed by atoms with Gasteiger partial charge in [-0.25, -0.2) is 9.59 Å². The number of alkyl halides is 3. The summed E-state index contributed by atoms with van der Waals surface area (Å²) in [5, 5.41) is 18.7. The van der Waals surface area contributed by atoms with Gasteiger partial charge in [0.1, 0.15) is 18.2 Å². The summed E-state index contributed by atoms with van der Waals surface area (Å²) in [6, 6.07) is 19.9. The molecule has 5 aliphatic rings. The van der Waals surface area contributed by atoms with Crippen molar-refractivity contribution in [3.63, 3.8) is 0 Å². The Kier molecular flexibility index (Phi) is 18.2. The molecule has 0 N–H and O–H groups in total. The Morgan fingerprint density at radius 1 is 0.621 bits per heavy atom. The number of hydrogen-bond acceptors (Lipinski definition) is 11. The molecule has 12 nitrogen and oxygen atoms in total. The Bertz CT molecular complexity index is 1540. The molecule has 7 rings (SSSR count). The third-order valence-corrected chi connectivity index (χ3v) is 12.0. The van der Waals surface area contributed by atoms with E-state index in [1.54, 1.807) is 0 Å². The fourth-order valence-electron chi connectivity index (χ4n) is 9.35. The maximum absolute atomic E-state index is 14.3. The molecule has 16 heteroatoms. The minimum Gasteiger partial charge on any atom is -0.546 e. The number of carboxylic acid groups (broad SMARTS) is 2. The number of quaternary nitrogens is 1. The van der Waals surface area contributed by atoms with E-state index in [1.165, 1.54) is 56.1 Å². The molecular weight excluding hydrogens is 774 g/mol. The molecule has 58 heavy (non-hydrogen) atoms. The molecule has 1 spiro atoms. The second-order valence-corrected chi connectivity index (χ2v) is 15.5. The van der Waals surface area contributed by atoms with Crippen molar-refractivity contribution in [2.75, 3.05) is 19.9 Å². The van der Waals surface area contributed by atoms with Crippen LogP contribution < -0.4 is 39.8 Å². The number of hydrogen-bond donors (Lipinski definition) is 0. The fourth-order valence-corrected chi connectivity index (χ4v) is 9.35. The first-order chi connectivity index (χ1) is 27.3. The molecule has 3 heterocycles. The van der Waals surface area contributed by atoms with E-state index in [-0.39, 0.29) is 47.9 Å². The quantitative estimate of drug-likeness (QED) is 0.120. The maximum Gasteiger partial charge on any atom is 1.00 e. The van der Waals surface area contributed by atoms with E-state index in [4.69, 9.17) is 28.8 Å². The van der Waals surface area contributed by atoms with Crippen LogP contribution in [0.15, 0.2) is 60.7 Å². The van der Waals surface area contributed by atoms with Gasteiger partial charge in [0.2, 0.25) is 5.60 Å². The predicted octanol–water partition coefficient (Wildman–Crippen LogP) is 3.22. The molecular formula is C42H53F3NNaO11. The standard InChI is InChI=1S/C33H42NO6.C7H12O3.C2HF3O2.Na/c35-31(39-30-22-27-18-19-28(23-30)34(27)20-10-11-21-34)33(25-12-4-1-5-13-25,26-14-6-2-7-15-26)38-24-37-32(36)40-29-16-8-3-9-17-29;8-7(9)10-6-4-2-1-3-5-6;3-2(4,5)1(6)7;/h1-2,4-7,12-15,27-30H,3,8-11,16-24H2;6H,1-5H2,(H,8,9);(H,6,7);/q+1;;;+1/p-2. The summed E-state index contributed by atoms with van der Waals surface area (Å²) in [5.41, 5.74) is -0.307. The smallest absolute Gasteiger partial charge is 0.546 e. The summed E-state index contributed by atoms with van der Waals surface area (Å²) < 4.78 is 60.9. The first kappa shape index (κ1) is 47.3. The minimum absolute atomic E-state index is 0. The van der Waals surface area contributed by atoms with Gasteiger partial charge in [0.25, 0.3) is 6.16 Å². The van der Waals surface area contributed by atoms with E-state index in [0.29, 0.717) is 23.2 Å². The van der Waals surface area contributed by atoms with Gasteiger partial charge in [-0.05, 0) is 49.7 Å². The van der Waals surface area contributed by atoms with Crippen LogP contribution in [-0.4, -0.2) is 85.2 Å². The van der Waals surface area contributed by atoms with Crippen LogP contribution >= 0.6 is 0 Å². The zero-order valence-electron chi connectivity index (χ0n) is 33.2. The number of esters is 1. The van der Waals surface area contributed by atoms with Gasteiger partial charge in [-0.2, -0.15) is 13.2 Å². The summed E-state index contributed by atoms with van der Waals surface area (Å²) in [6.07, 6.45) is 9.20. The van der Waals surface area contributed by atoms with E-state index in [1.807, 2.05) is 60.7 Å². The first-order valence-electron chi connectivity index (χ1n) is 20.1. The van der Waals surface area contributed by atoms with Crippen molar-refractivity contribution in [1.82, 2.24) is 0 Å². The van der Waals surface area contributed by atoms with Crippen molar-refractivity contribution in [2.45, 2.75) is 145 Å². The molecule has 2 aliphatic carbocycles.